The first-order valence-corrected chi connectivity index (χ1v) is 8.67. The molecule has 2 aromatic rings. The Balaban J connectivity index is 1.89. The third-order valence-corrected chi connectivity index (χ3v) is 5.07. The maximum Gasteiger partial charge on any atom is 0.238 e. The van der Waals surface area contributed by atoms with Gasteiger partial charge in [0, 0.05) is 31.4 Å². The fourth-order valence-corrected chi connectivity index (χ4v) is 3.85. The fourth-order valence-electron chi connectivity index (χ4n) is 1.83. The zero-order chi connectivity index (χ0) is 15.4. The van der Waals surface area contributed by atoms with Gasteiger partial charge in [0.05, 0.1) is 12.2 Å². The van der Waals surface area contributed by atoms with Crippen LogP contribution < -0.4 is 11.1 Å². The van der Waals surface area contributed by atoms with Crippen LogP contribution in [0.5, 0.6) is 0 Å². The van der Waals surface area contributed by atoms with E-state index in [9.17, 15) is 4.79 Å². The Morgan fingerprint density at radius 2 is 2.14 bits per heavy atom. The molecule has 0 fully saturated rings. The summed E-state index contributed by atoms with van der Waals surface area (Å²) >= 11 is 8.49. The molecule has 0 aliphatic carbocycles. The quantitative estimate of drug-likeness (QED) is 0.703. The molecule has 4 nitrogen and oxygen atoms in total. The first-order valence-electron chi connectivity index (χ1n) is 6.20. The Hall–Kier alpha value is -0.890. The van der Waals surface area contributed by atoms with Gasteiger partial charge in [-0.1, -0.05) is 0 Å². The summed E-state index contributed by atoms with van der Waals surface area (Å²) < 4.78 is 1.85. The highest BCUT2D eigenvalue weighted by Crippen LogP contribution is 2.24. The highest BCUT2D eigenvalue weighted by atomic mass is 79.9. The second-order valence-corrected chi connectivity index (χ2v) is 7.46. The number of nitrogens with zero attached hydrogens (tertiary/aromatic N) is 1. The summed E-state index contributed by atoms with van der Waals surface area (Å²) in [5, 5.41) is 4.91. The maximum absolute atomic E-state index is 12.0. The molecule has 0 radical (unpaired) electrons. The van der Waals surface area contributed by atoms with Crippen molar-refractivity contribution in [3.05, 3.63) is 43.5 Å². The van der Waals surface area contributed by atoms with Crippen LogP contribution in [0, 0.1) is 0 Å². The fraction of sp³-hybridized carbons (Fsp3) is 0.214. The van der Waals surface area contributed by atoms with Gasteiger partial charge >= 0.3 is 0 Å². The lowest BCUT2D eigenvalue weighted by molar-refractivity contribution is -0.117. The number of hydrogen-bond donors (Lipinski definition) is 2. The third kappa shape index (κ3) is 5.10. The van der Waals surface area contributed by atoms with Crippen LogP contribution in [0.25, 0.3) is 0 Å². The maximum atomic E-state index is 12.0. The zero-order valence-corrected chi connectivity index (χ0v) is 15.4. The molecule has 21 heavy (non-hydrogen) atoms. The van der Waals surface area contributed by atoms with Gasteiger partial charge in [-0.15, -0.1) is 11.3 Å². The lowest BCUT2D eigenvalue weighted by Gasteiger charge is -2.15. The van der Waals surface area contributed by atoms with Crippen molar-refractivity contribution in [1.29, 1.82) is 0 Å². The van der Waals surface area contributed by atoms with E-state index < -0.39 is 0 Å². The molecule has 0 unspecified atom stereocenters. The Bertz CT molecular complexity index is 645. The number of rotatable bonds is 5. The third-order valence-electron chi connectivity index (χ3n) is 2.73. The van der Waals surface area contributed by atoms with Crippen molar-refractivity contribution >= 4 is 60.5 Å². The van der Waals surface area contributed by atoms with E-state index in [1.165, 1.54) is 4.88 Å². The summed E-state index contributed by atoms with van der Waals surface area (Å²) in [4.78, 5) is 15.2. The molecular weight excluding hydrogens is 418 g/mol. The minimum Gasteiger partial charge on any atom is -0.399 e. The topological polar surface area (TPSA) is 58.4 Å². The van der Waals surface area contributed by atoms with E-state index >= 15 is 0 Å². The molecule has 0 aliphatic heterocycles. The van der Waals surface area contributed by atoms with Gasteiger partial charge in [-0.3, -0.25) is 9.69 Å². The van der Waals surface area contributed by atoms with E-state index in [4.69, 9.17) is 5.73 Å². The van der Waals surface area contributed by atoms with E-state index in [1.54, 1.807) is 29.5 Å². The summed E-state index contributed by atoms with van der Waals surface area (Å²) in [5.41, 5.74) is 7.05. The van der Waals surface area contributed by atoms with Crippen LogP contribution in [-0.4, -0.2) is 24.4 Å². The molecule has 1 aromatic heterocycles. The van der Waals surface area contributed by atoms with E-state index in [1.807, 2.05) is 17.3 Å². The number of benzene rings is 1. The number of amides is 1. The van der Waals surface area contributed by atoms with Gasteiger partial charge in [0.25, 0.3) is 0 Å². The summed E-state index contributed by atoms with van der Waals surface area (Å²) in [6.45, 7) is 1.07. The van der Waals surface area contributed by atoms with Gasteiger partial charge < -0.3 is 11.1 Å². The van der Waals surface area contributed by atoms with Crippen molar-refractivity contribution in [2.75, 3.05) is 24.6 Å². The molecule has 0 spiro atoms. The number of likely N-dealkylation sites (N-methyl/N-ethyl adjacent to an activating group) is 1. The highest BCUT2D eigenvalue weighted by Gasteiger charge is 2.10. The normalized spacial score (nSPS) is 10.9. The SMILES string of the molecule is CN(CC(=O)Nc1ccc(N)cc1Br)Cc1cc(Br)cs1. The molecule has 112 valence electrons. The molecule has 2 rings (SSSR count). The van der Waals surface area contributed by atoms with Gasteiger partial charge in [0.15, 0.2) is 0 Å². The van der Waals surface area contributed by atoms with Gasteiger partial charge in [0.1, 0.15) is 0 Å². The Morgan fingerprint density at radius 3 is 2.76 bits per heavy atom. The number of nitrogens with two attached hydrogens (primary N) is 1. The monoisotopic (exact) mass is 431 g/mol. The molecule has 1 amide bonds. The molecule has 0 saturated heterocycles. The molecule has 1 heterocycles. The Labute approximate surface area is 144 Å². The van der Waals surface area contributed by atoms with Crippen LogP contribution >= 0.6 is 43.2 Å². The van der Waals surface area contributed by atoms with Crippen molar-refractivity contribution in [2.45, 2.75) is 6.54 Å². The first kappa shape index (κ1) is 16.5. The van der Waals surface area contributed by atoms with Crippen molar-refractivity contribution in [3.63, 3.8) is 0 Å². The van der Waals surface area contributed by atoms with Crippen LogP contribution in [0.1, 0.15) is 4.88 Å². The van der Waals surface area contributed by atoms with Crippen molar-refractivity contribution in [1.82, 2.24) is 4.90 Å². The number of nitrogen functional groups attached to an aromatic ring is 1. The smallest absolute Gasteiger partial charge is 0.238 e. The van der Waals surface area contributed by atoms with Crippen LogP contribution in [0.3, 0.4) is 0 Å². The minimum absolute atomic E-state index is 0.0569. The van der Waals surface area contributed by atoms with Gasteiger partial charge in [-0.25, -0.2) is 0 Å². The largest absolute Gasteiger partial charge is 0.399 e. The van der Waals surface area contributed by atoms with E-state index in [0.717, 1.165) is 21.2 Å². The van der Waals surface area contributed by atoms with Gasteiger partial charge in [-0.2, -0.15) is 0 Å². The zero-order valence-electron chi connectivity index (χ0n) is 11.4. The lowest BCUT2D eigenvalue weighted by Crippen LogP contribution is -2.29. The average Bonchev–Trinajstić information content (AvgIpc) is 2.78. The van der Waals surface area contributed by atoms with E-state index in [0.29, 0.717) is 12.2 Å². The number of nitrogens with one attached hydrogen (secondary N) is 1. The number of carbonyl (C=O) groups excluding carboxylic acids is 1. The predicted molar refractivity (Wildman–Crippen MR) is 95.5 cm³/mol. The molecule has 0 saturated carbocycles. The summed E-state index contributed by atoms with van der Waals surface area (Å²) in [7, 11) is 1.92. The van der Waals surface area contributed by atoms with Gasteiger partial charge in [-0.05, 0) is 63.2 Å². The van der Waals surface area contributed by atoms with Crippen LogP contribution in [-0.2, 0) is 11.3 Å². The minimum atomic E-state index is -0.0569. The molecular formula is C14H15Br2N3OS. The molecule has 1 aromatic carbocycles. The number of halogens is 2. The van der Waals surface area contributed by atoms with Crippen molar-refractivity contribution in [3.8, 4) is 0 Å². The average molecular weight is 433 g/mol. The van der Waals surface area contributed by atoms with Crippen LogP contribution in [0.15, 0.2) is 38.6 Å². The predicted octanol–water partition coefficient (Wildman–Crippen LogP) is 3.93. The number of anilines is 2. The number of thiophene rings is 1. The molecule has 0 aliphatic rings. The highest BCUT2D eigenvalue weighted by molar-refractivity contribution is 9.10. The molecule has 0 bridgehead atoms. The Kier molecular flexibility index (Phi) is 5.80. The van der Waals surface area contributed by atoms with Crippen LogP contribution in [0.2, 0.25) is 0 Å². The second kappa shape index (κ2) is 7.40. The molecule has 3 N–H and O–H groups in total. The summed E-state index contributed by atoms with van der Waals surface area (Å²) in [6, 6.07) is 7.37. The summed E-state index contributed by atoms with van der Waals surface area (Å²) in [6.07, 6.45) is 0. The standard InChI is InChI=1S/C14H15Br2N3OS/c1-19(6-11-4-9(15)8-21-11)7-14(20)18-13-3-2-10(17)5-12(13)16/h2-5,8H,6-7,17H2,1H3,(H,18,20). The van der Waals surface area contributed by atoms with Crippen LogP contribution in [0.4, 0.5) is 11.4 Å². The molecule has 0 atom stereocenters. The number of carbonyl (C=O) groups is 1. The van der Waals surface area contributed by atoms with Crippen molar-refractivity contribution < 1.29 is 4.79 Å². The summed E-state index contributed by atoms with van der Waals surface area (Å²) in [5.74, 6) is -0.0569. The number of hydrogen-bond acceptors (Lipinski definition) is 4. The Morgan fingerprint density at radius 1 is 1.38 bits per heavy atom. The second-order valence-electron chi connectivity index (χ2n) is 4.69. The van der Waals surface area contributed by atoms with E-state index in [-0.39, 0.29) is 5.91 Å². The van der Waals surface area contributed by atoms with Crippen molar-refractivity contribution in [2.24, 2.45) is 0 Å². The molecule has 7 heteroatoms. The van der Waals surface area contributed by atoms with E-state index in [2.05, 4.69) is 43.2 Å². The first-order chi connectivity index (χ1) is 9.94. The van der Waals surface area contributed by atoms with Gasteiger partial charge in [0.2, 0.25) is 5.91 Å². The lowest BCUT2D eigenvalue weighted by atomic mass is 10.3.